The lowest BCUT2D eigenvalue weighted by Crippen LogP contribution is -2.27. The van der Waals surface area contributed by atoms with Crippen molar-refractivity contribution in [1.29, 1.82) is 0 Å². The van der Waals surface area contributed by atoms with Gasteiger partial charge in [0, 0.05) is 5.39 Å². The number of para-hydroxylation sites is 1. The maximum absolute atomic E-state index is 12.4. The molecule has 0 radical (unpaired) electrons. The minimum atomic E-state index is -0.614. The average Bonchev–Trinajstić information content (AvgIpc) is 2.68. The van der Waals surface area contributed by atoms with Gasteiger partial charge < -0.3 is 9.47 Å². The number of methoxy groups -OCH3 is 1. The summed E-state index contributed by atoms with van der Waals surface area (Å²) in [7, 11) is 1.32. The number of hydrogen-bond donors (Lipinski definition) is 0. The first-order chi connectivity index (χ1) is 9.76. The number of esters is 1. The van der Waals surface area contributed by atoms with E-state index in [2.05, 4.69) is 0 Å². The Labute approximate surface area is 136 Å². The van der Waals surface area contributed by atoms with Crippen LogP contribution in [-0.2, 0) is 9.47 Å². The normalized spacial score (nSPS) is 11.5. The van der Waals surface area contributed by atoms with E-state index in [1.807, 2.05) is 28.7 Å². The molecule has 112 valence electrons. The molecule has 21 heavy (non-hydrogen) atoms. The molecule has 0 aliphatic heterocycles. The predicted molar refractivity (Wildman–Crippen MR) is 87.6 cm³/mol. The summed E-state index contributed by atoms with van der Waals surface area (Å²) in [5, 5.41) is 0.666. The van der Waals surface area contributed by atoms with E-state index in [4.69, 9.17) is 9.47 Å². The molecule has 0 spiro atoms. The summed E-state index contributed by atoms with van der Waals surface area (Å²) in [5.74, 6) is -0.474. The lowest BCUT2D eigenvalue weighted by atomic mass is 10.2. The molecule has 1 heterocycles. The fourth-order valence-corrected chi connectivity index (χ4v) is 2.96. The number of carbonyl (C=O) groups excluding carboxylic acids is 2. The van der Waals surface area contributed by atoms with Crippen LogP contribution in [0.15, 0.2) is 24.3 Å². The zero-order valence-corrected chi connectivity index (χ0v) is 14.4. The van der Waals surface area contributed by atoms with Crippen molar-refractivity contribution in [1.82, 2.24) is 4.57 Å². The summed E-state index contributed by atoms with van der Waals surface area (Å²) >= 11 is 1.96. The highest BCUT2D eigenvalue weighted by molar-refractivity contribution is 14.1. The molecule has 0 bridgehead atoms. The molecule has 0 aliphatic rings. The van der Waals surface area contributed by atoms with E-state index in [9.17, 15) is 9.59 Å². The Balaban J connectivity index is 2.67. The first kappa shape index (κ1) is 15.8. The molecule has 0 unspecified atom stereocenters. The minimum Gasteiger partial charge on any atom is -0.465 e. The van der Waals surface area contributed by atoms with E-state index < -0.39 is 17.7 Å². The van der Waals surface area contributed by atoms with Crippen LogP contribution in [0.25, 0.3) is 10.9 Å². The van der Waals surface area contributed by atoms with Gasteiger partial charge in [-0.3, -0.25) is 0 Å². The summed E-state index contributed by atoms with van der Waals surface area (Å²) in [5.41, 5.74) is 0.382. The van der Waals surface area contributed by atoms with E-state index in [0.29, 0.717) is 20.2 Å². The Morgan fingerprint density at radius 1 is 1.19 bits per heavy atom. The Kier molecular flexibility index (Phi) is 4.27. The van der Waals surface area contributed by atoms with Crippen LogP contribution >= 0.6 is 22.6 Å². The van der Waals surface area contributed by atoms with Crippen LogP contribution in [0, 0.1) is 3.70 Å². The summed E-state index contributed by atoms with van der Waals surface area (Å²) < 4.78 is 12.1. The smallest absolute Gasteiger partial charge is 0.419 e. The lowest BCUT2D eigenvalue weighted by Gasteiger charge is -2.20. The zero-order chi connectivity index (χ0) is 15.8. The highest BCUT2D eigenvalue weighted by Crippen LogP contribution is 2.29. The zero-order valence-electron chi connectivity index (χ0n) is 12.3. The van der Waals surface area contributed by atoms with Gasteiger partial charge in [0.05, 0.1) is 18.2 Å². The van der Waals surface area contributed by atoms with Gasteiger partial charge in [-0.15, -0.1) is 0 Å². The average molecular weight is 401 g/mol. The molecule has 0 amide bonds. The molecule has 1 aromatic heterocycles. The van der Waals surface area contributed by atoms with Crippen molar-refractivity contribution in [2.45, 2.75) is 26.4 Å². The van der Waals surface area contributed by atoms with Crippen LogP contribution in [0.3, 0.4) is 0 Å². The maximum Gasteiger partial charge on any atom is 0.419 e. The quantitative estimate of drug-likeness (QED) is 0.539. The molecule has 0 saturated carbocycles. The van der Waals surface area contributed by atoms with E-state index in [1.165, 1.54) is 11.7 Å². The number of hydrogen-bond acceptors (Lipinski definition) is 4. The molecular weight excluding hydrogens is 385 g/mol. The minimum absolute atomic E-state index is 0.375. The van der Waals surface area contributed by atoms with Crippen molar-refractivity contribution in [3.63, 3.8) is 0 Å². The van der Waals surface area contributed by atoms with Crippen molar-refractivity contribution in [3.8, 4) is 0 Å². The van der Waals surface area contributed by atoms with E-state index in [0.717, 1.165) is 0 Å². The van der Waals surface area contributed by atoms with Crippen LogP contribution < -0.4 is 0 Å². The van der Waals surface area contributed by atoms with Gasteiger partial charge in [0.25, 0.3) is 0 Å². The van der Waals surface area contributed by atoms with Gasteiger partial charge in [-0.1, -0.05) is 18.2 Å². The van der Waals surface area contributed by atoms with Gasteiger partial charge in [-0.05, 0) is 49.4 Å². The monoisotopic (exact) mass is 401 g/mol. The molecule has 5 nitrogen and oxygen atoms in total. The van der Waals surface area contributed by atoms with Crippen LogP contribution in [0.4, 0.5) is 4.79 Å². The number of benzene rings is 1. The Morgan fingerprint density at radius 2 is 1.81 bits per heavy atom. The number of aromatic nitrogens is 1. The highest BCUT2D eigenvalue weighted by atomic mass is 127. The fourth-order valence-electron chi connectivity index (χ4n) is 1.99. The van der Waals surface area contributed by atoms with Gasteiger partial charge in [0.15, 0.2) is 0 Å². The van der Waals surface area contributed by atoms with Crippen molar-refractivity contribution >= 4 is 45.6 Å². The molecular formula is C15H16INO4. The number of halogens is 1. The maximum atomic E-state index is 12.4. The molecule has 0 aliphatic carbocycles. The second-order valence-electron chi connectivity index (χ2n) is 5.49. The molecule has 6 heteroatoms. The Bertz CT molecular complexity index is 712. The van der Waals surface area contributed by atoms with Gasteiger partial charge in [0.1, 0.15) is 9.30 Å². The molecule has 2 aromatic rings. The van der Waals surface area contributed by atoms with Gasteiger partial charge in [0.2, 0.25) is 0 Å². The summed E-state index contributed by atoms with van der Waals surface area (Å²) in [4.78, 5) is 24.4. The SMILES string of the molecule is COC(=O)c1c(I)n(C(=O)OC(C)(C)C)c2ccccc12. The van der Waals surface area contributed by atoms with Gasteiger partial charge in [-0.25, -0.2) is 14.2 Å². The fraction of sp³-hybridized carbons (Fsp3) is 0.333. The van der Waals surface area contributed by atoms with Crippen LogP contribution in [0.1, 0.15) is 31.1 Å². The number of carbonyl (C=O) groups is 2. The van der Waals surface area contributed by atoms with Gasteiger partial charge >= 0.3 is 12.1 Å². The second kappa shape index (κ2) is 5.67. The number of ether oxygens (including phenoxy) is 2. The second-order valence-corrected chi connectivity index (χ2v) is 6.51. The van der Waals surface area contributed by atoms with Crippen molar-refractivity contribution < 1.29 is 19.1 Å². The van der Waals surface area contributed by atoms with Crippen molar-refractivity contribution in [2.75, 3.05) is 7.11 Å². The Morgan fingerprint density at radius 3 is 2.38 bits per heavy atom. The third-order valence-corrected chi connectivity index (χ3v) is 3.80. The van der Waals surface area contributed by atoms with Crippen LogP contribution in [0.5, 0.6) is 0 Å². The predicted octanol–water partition coefficient (Wildman–Crippen LogP) is 3.82. The van der Waals surface area contributed by atoms with Crippen molar-refractivity contribution in [3.05, 3.63) is 33.5 Å². The largest absolute Gasteiger partial charge is 0.465 e. The van der Waals surface area contributed by atoms with Gasteiger partial charge in [-0.2, -0.15) is 0 Å². The molecule has 0 N–H and O–H groups in total. The molecule has 2 rings (SSSR count). The summed E-state index contributed by atoms with van der Waals surface area (Å²) in [6, 6.07) is 7.17. The topological polar surface area (TPSA) is 57.5 Å². The first-order valence-electron chi connectivity index (χ1n) is 6.37. The molecule has 0 atom stereocenters. The van der Waals surface area contributed by atoms with E-state index >= 15 is 0 Å². The molecule has 0 fully saturated rings. The number of nitrogens with zero attached hydrogens (tertiary/aromatic N) is 1. The van der Waals surface area contributed by atoms with Crippen LogP contribution in [-0.4, -0.2) is 29.3 Å². The molecule has 1 aromatic carbocycles. The number of fused-ring (bicyclic) bond motifs is 1. The lowest BCUT2D eigenvalue weighted by molar-refractivity contribution is 0.0540. The number of rotatable bonds is 1. The van der Waals surface area contributed by atoms with E-state index in [1.54, 1.807) is 39.0 Å². The third-order valence-electron chi connectivity index (χ3n) is 2.78. The summed E-state index contributed by atoms with van der Waals surface area (Å²) in [6.07, 6.45) is -0.516. The van der Waals surface area contributed by atoms with Crippen LogP contribution in [0.2, 0.25) is 0 Å². The standard InChI is InChI=1S/C15H16INO4/c1-15(2,3)21-14(19)17-10-8-6-5-7-9(10)11(12(17)16)13(18)20-4/h5-8H,1-4H3. The summed E-state index contributed by atoms with van der Waals surface area (Å²) in [6.45, 7) is 5.39. The Hall–Kier alpha value is -1.57. The third kappa shape index (κ3) is 3.04. The van der Waals surface area contributed by atoms with Crippen molar-refractivity contribution in [2.24, 2.45) is 0 Å². The first-order valence-corrected chi connectivity index (χ1v) is 7.44. The molecule has 0 saturated heterocycles. The van der Waals surface area contributed by atoms with E-state index in [-0.39, 0.29) is 0 Å². The highest BCUT2D eigenvalue weighted by Gasteiger charge is 2.27.